The normalized spacial score (nSPS) is 10.4. The number of hydrazone groups is 1. The smallest absolute Gasteiger partial charge is 0.344 e. The van der Waals surface area contributed by atoms with Gasteiger partial charge in [-0.05, 0) is 24.4 Å². The van der Waals surface area contributed by atoms with Gasteiger partial charge in [0.15, 0.2) is 5.11 Å². The number of para-hydroxylation sites is 1. The third-order valence-corrected chi connectivity index (χ3v) is 3.15. The number of carbonyl (C=O) groups is 1. The zero-order valence-electron chi connectivity index (χ0n) is 13.4. The number of ether oxygens (including phenoxy) is 1. The van der Waals surface area contributed by atoms with Gasteiger partial charge >= 0.3 is 5.97 Å². The maximum absolute atomic E-state index is 12.3. The van der Waals surface area contributed by atoms with E-state index in [1.807, 2.05) is 0 Å². The highest BCUT2D eigenvalue weighted by Gasteiger charge is 2.21. The monoisotopic (exact) mass is 389 g/mol. The lowest BCUT2D eigenvalue weighted by Crippen LogP contribution is -2.24. The van der Waals surface area contributed by atoms with E-state index in [9.17, 15) is 25.0 Å². The summed E-state index contributed by atoms with van der Waals surface area (Å²) in [5.41, 5.74) is 6.39. The fraction of sp³-hybridized carbons (Fsp3) is 0. The zero-order valence-corrected chi connectivity index (χ0v) is 14.2. The van der Waals surface area contributed by atoms with E-state index in [0.29, 0.717) is 5.56 Å². The van der Waals surface area contributed by atoms with Gasteiger partial charge in [0.25, 0.3) is 11.4 Å². The Morgan fingerprint density at radius 3 is 2.30 bits per heavy atom. The number of nitrogens with zero attached hydrogens (tertiary/aromatic N) is 3. The lowest BCUT2D eigenvalue weighted by atomic mass is 10.1. The molecular formula is C15H11N5O6S. The van der Waals surface area contributed by atoms with Gasteiger partial charge in [-0.15, -0.1) is 0 Å². The van der Waals surface area contributed by atoms with Crippen molar-refractivity contribution in [3.63, 3.8) is 0 Å². The average molecular weight is 389 g/mol. The van der Waals surface area contributed by atoms with Crippen LogP contribution >= 0.6 is 12.2 Å². The molecule has 0 bridgehead atoms. The number of nitro groups is 2. The van der Waals surface area contributed by atoms with Crippen molar-refractivity contribution in [2.45, 2.75) is 0 Å². The summed E-state index contributed by atoms with van der Waals surface area (Å²) in [7, 11) is 0. The van der Waals surface area contributed by atoms with Crippen LogP contribution in [0.15, 0.2) is 47.6 Å². The van der Waals surface area contributed by atoms with Crippen LogP contribution in [0.1, 0.15) is 15.9 Å². The lowest BCUT2D eigenvalue weighted by Gasteiger charge is -2.07. The van der Waals surface area contributed by atoms with Gasteiger partial charge in [-0.25, -0.2) is 4.79 Å². The molecule has 0 saturated carbocycles. The summed E-state index contributed by atoms with van der Waals surface area (Å²) in [6.07, 6.45) is 1.29. The second-order valence-corrected chi connectivity index (χ2v) is 5.35. The SMILES string of the molecule is NC(=S)N/N=C\c1ccccc1OC(=O)c1cc([N+](=O)[O-])cc([N+](=O)[O-])c1. The van der Waals surface area contributed by atoms with Crippen molar-refractivity contribution >= 4 is 40.9 Å². The van der Waals surface area contributed by atoms with Crippen molar-refractivity contribution in [1.29, 1.82) is 0 Å². The Kier molecular flexibility index (Phi) is 6.06. The first-order valence-corrected chi connectivity index (χ1v) is 7.52. The van der Waals surface area contributed by atoms with Crippen molar-refractivity contribution in [3.8, 4) is 5.75 Å². The van der Waals surface area contributed by atoms with Crippen molar-refractivity contribution in [1.82, 2.24) is 5.43 Å². The number of esters is 1. The van der Waals surface area contributed by atoms with Crippen molar-refractivity contribution in [2.75, 3.05) is 0 Å². The van der Waals surface area contributed by atoms with E-state index in [0.717, 1.165) is 18.2 Å². The van der Waals surface area contributed by atoms with Crippen molar-refractivity contribution in [2.24, 2.45) is 10.8 Å². The third-order valence-electron chi connectivity index (χ3n) is 3.06. The van der Waals surface area contributed by atoms with Gasteiger partial charge in [0, 0.05) is 17.7 Å². The number of non-ortho nitro benzene ring substituents is 2. The molecule has 0 aliphatic carbocycles. The van der Waals surface area contributed by atoms with Crippen LogP contribution in [0.4, 0.5) is 11.4 Å². The lowest BCUT2D eigenvalue weighted by molar-refractivity contribution is -0.394. The summed E-state index contributed by atoms with van der Waals surface area (Å²) < 4.78 is 5.19. The molecule has 0 radical (unpaired) electrons. The van der Waals surface area contributed by atoms with E-state index in [1.54, 1.807) is 18.2 Å². The number of nitrogens with two attached hydrogens (primary N) is 1. The molecule has 0 atom stereocenters. The summed E-state index contributed by atoms with van der Waals surface area (Å²) in [5, 5.41) is 25.5. The van der Waals surface area contributed by atoms with Crippen molar-refractivity contribution < 1.29 is 19.4 Å². The molecule has 0 spiro atoms. The Balaban J connectivity index is 2.33. The number of thiocarbonyl (C=S) groups is 1. The minimum atomic E-state index is -1.01. The predicted octanol–water partition coefficient (Wildman–Crippen LogP) is 1.89. The molecule has 12 heteroatoms. The van der Waals surface area contributed by atoms with Crippen LogP contribution < -0.4 is 15.9 Å². The first-order valence-electron chi connectivity index (χ1n) is 7.11. The topological polar surface area (TPSA) is 163 Å². The number of nitrogens with one attached hydrogen (secondary N) is 1. The number of carbonyl (C=O) groups excluding carboxylic acids is 1. The summed E-state index contributed by atoms with van der Waals surface area (Å²) in [6, 6.07) is 8.78. The van der Waals surface area contributed by atoms with E-state index < -0.39 is 27.2 Å². The molecule has 138 valence electrons. The first kappa shape index (κ1) is 19.4. The second-order valence-electron chi connectivity index (χ2n) is 4.91. The quantitative estimate of drug-likeness (QED) is 0.187. The van der Waals surface area contributed by atoms with E-state index in [4.69, 9.17) is 10.5 Å². The number of rotatable bonds is 6. The van der Waals surface area contributed by atoms with Gasteiger partial charge in [0.2, 0.25) is 0 Å². The maximum Gasteiger partial charge on any atom is 0.344 e. The minimum Gasteiger partial charge on any atom is -0.422 e. The van der Waals surface area contributed by atoms with Gasteiger partial charge in [-0.2, -0.15) is 5.10 Å². The van der Waals surface area contributed by atoms with E-state index in [1.165, 1.54) is 12.3 Å². The highest BCUT2D eigenvalue weighted by atomic mass is 32.1. The van der Waals surface area contributed by atoms with Gasteiger partial charge in [0.1, 0.15) is 5.75 Å². The Morgan fingerprint density at radius 1 is 1.15 bits per heavy atom. The van der Waals surface area contributed by atoms with Crippen LogP contribution in [0.2, 0.25) is 0 Å². The average Bonchev–Trinajstić information content (AvgIpc) is 2.62. The number of benzene rings is 2. The number of nitro benzene ring substituents is 2. The predicted molar refractivity (Wildman–Crippen MR) is 98.7 cm³/mol. The zero-order chi connectivity index (χ0) is 20.0. The molecule has 0 amide bonds. The third kappa shape index (κ3) is 5.27. The Morgan fingerprint density at radius 2 is 1.74 bits per heavy atom. The molecule has 2 aromatic carbocycles. The molecule has 2 aromatic rings. The van der Waals surface area contributed by atoms with Gasteiger partial charge in [-0.3, -0.25) is 25.7 Å². The van der Waals surface area contributed by atoms with Crippen LogP contribution in [0, 0.1) is 20.2 Å². The van der Waals surface area contributed by atoms with Crippen LogP contribution in [-0.2, 0) is 0 Å². The minimum absolute atomic E-state index is 0.0652. The standard InChI is InChI=1S/C15H11N5O6S/c16-15(27)18-17-8-9-3-1-2-4-13(9)26-14(21)10-5-11(19(22)23)7-12(6-10)20(24)25/h1-8H,(H3,16,18,27)/b17-8-. The largest absolute Gasteiger partial charge is 0.422 e. The number of hydrogen-bond donors (Lipinski definition) is 2. The summed E-state index contributed by atoms with van der Waals surface area (Å²) in [6.45, 7) is 0. The molecule has 3 N–H and O–H groups in total. The first-order chi connectivity index (χ1) is 12.8. The number of hydrogen-bond acceptors (Lipinski definition) is 8. The van der Waals surface area contributed by atoms with E-state index in [2.05, 4.69) is 22.7 Å². The maximum atomic E-state index is 12.3. The fourth-order valence-electron chi connectivity index (χ4n) is 1.93. The second kappa shape index (κ2) is 8.44. The Labute approximate surface area is 156 Å². The molecule has 0 saturated heterocycles. The molecule has 0 unspecified atom stereocenters. The van der Waals surface area contributed by atoms with Gasteiger partial charge in [-0.1, -0.05) is 12.1 Å². The fourth-order valence-corrected chi connectivity index (χ4v) is 1.98. The summed E-state index contributed by atoms with van der Waals surface area (Å²) in [5.74, 6) is -0.935. The Bertz CT molecular complexity index is 929. The molecule has 0 aliphatic rings. The molecule has 27 heavy (non-hydrogen) atoms. The van der Waals surface area contributed by atoms with Gasteiger partial charge < -0.3 is 10.5 Å². The van der Waals surface area contributed by atoms with Crippen LogP contribution in [-0.4, -0.2) is 27.1 Å². The van der Waals surface area contributed by atoms with Gasteiger partial charge in [0.05, 0.1) is 27.7 Å². The molecule has 0 fully saturated rings. The van der Waals surface area contributed by atoms with E-state index >= 15 is 0 Å². The van der Waals surface area contributed by atoms with E-state index in [-0.39, 0.29) is 16.4 Å². The Hall–Kier alpha value is -3.93. The van der Waals surface area contributed by atoms with Crippen LogP contribution in [0.5, 0.6) is 5.75 Å². The molecule has 0 heterocycles. The molecule has 11 nitrogen and oxygen atoms in total. The summed E-state index contributed by atoms with van der Waals surface area (Å²) in [4.78, 5) is 32.5. The molecular weight excluding hydrogens is 378 g/mol. The highest BCUT2D eigenvalue weighted by Crippen LogP contribution is 2.24. The van der Waals surface area contributed by atoms with Crippen molar-refractivity contribution in [3.05, 3.63) is 73.8 Å². The molecule has 0 aromatic heterocycles. The molecule has 2 rings (SSSR count). The summed E-state index contributed by atoms with van der Waals surface area (Å²) >= 11 is 4.60. The van der Waals surface area contributed by atoms with Crippen LogP contribution in [0.25, 0.3) is 0 Å². The molecule has 0 aliphatic heterocycles. The van der Waals surface area contributed by atoms with Crippen LogP contribution in [0.3, 0.4) is 0 Å². The highest BCUT2D eigenvalue weighted by molar-refractivity contribution is 7.80.